The third-order valence-corrected chi connectivity index (χ3v) is 3.40. The van der Waals surface area contributed by atoms with Crippen LogP contribution in [-0.4, -0.2) is 35.1 Å². The van der Waals surface area contributed by atoms with Crippen LogP contribution >= 0.6 is 11.6 Å². The van der Waals surface area contributed by atoms with Crippen molar-refractivity contribution in [3.05, 3.63) is 60.2 Å². The second-order valence-electron chi connectivity index (χ2n) is 6.92. The van der Waals surface area contributed by atoms with Crippen LogP contribution in [0.2, 0.25) is 0 Å². The van der Waals surface area contributed by atoms with Crippen molar-refractivity contribution >= 4 is 23.6 Å². The lowest BCUT2D eigenvalue weighted by Crippen LogP contribution is -2.49. The van der Waals surface area contributed by atoms with Gasteiger partial charge in [-0.15, -0.1) is 6.58 Å². The average Bonchev–Trinajstić information content (AvgIpc) is 2.52. The highest BCUT2D eigenvalue weighted by Gasteiger charge is 2.27. The van der Waals surface area contributed by atoms with E-state index in [0.717, 1.165) is 5.56 Å². The number of hydrogen-bond donors (Lipinski definition) is 1. The molecule has 1 rings (SSSR count). The van der Waals surface area contributed by atoms with Crippen LogP contribution in [0.15, 0.2) is 54.6 Å². The summed E-state index contributed by atoms with van der Waals surface area (Å²) in [5.41, 5.74) is 0.299. The summed E-state index contributed by atoms with van der Waals surface area (Å²) >= 11 is 5.94. The molecule has 0 aliphatic carbocycles. The minimum atomic E-state index is -0.790. The number of nitrogens with one attached hydrogen (secondary N) is 1. The van der Waals surface area contributed by atoms with E-state index in [0.29, 0.717) is 11.6 Å². The summed E-state index contributed by atoms with van der Waals surface area (Å²) in [6, 6.07) is 8.74. The Morgan fingerprint density at radius 1 is 1.31 bits per heavy atom. The molecule has 1 N–H and O–H groups in total. The molecule has 0 aliphatic heterocycles. The maximum absolute atomic E-state index is 13.0. The van der Waals surface area contributed by atoms with E-state index in [2.05, 4.69) is 18.5 Å². The Morgan fingerprint density at radius 2 is 1.92 bits per heavy atom. The number of carbonyl (C=O) groups excluding carboxylic acids is 2. The van der Waals surface area contributed by atoms with E-state index in [1.807, 2.05) is 30.3 Å². The summed E-state index contributed by atoms with van der Waals surface area (Å²) in [7, 11) is 0. The highest BCUT2D eigenvalue weighted by molar-refractivity contribution is 6.29. The molecule has 2 amide bonds. The van der Waals surface area contributed by atoms with Crippen molar-refractivity contribution in [2.75, 3.05) is 6.54 Å². The molecule has 0 heterocycles. The third kappa shape index (κ3) is 8.21. The standard InChI is InChI=1S/C20H27ClN2O3/c1-6-10-17(22-19(25)26-20(3,4)5)18(24)23(13-15(2)21)14-16-11-8-7-9-12-16/h6-9,11-12,17H,1-2,10,13-14H2,3-5H3,(H,22,25). The first-order chi connectivity index (χ1) is 12.1. The van der Waals surface area contributed by atoms with Crippen LogP contribution in [-0.2, 0) is 16.1 Å². The van der Waals surface area contributed by atoms with Gasteiger partial charge in [0, 0.05) is 11.6 Å². The molecule has 0 saturated carbocycles. The van der Waals surface area contributed by atoms with Gasteiger partial charge in [0.25, 0.3) is 0 Å². The zero-order chi connectivity index (χ0) is 19.7. The Labute approximate surface area is 160 Å². The Bertz CT molecular complexity index is 638. The summed E-state index contributed by atoms with van der Waals surface area (Å²) in [6.07, 6.45) is 1.20. The van der Waals surface area contributed by atoms with Crippen LogP contribution in [0.25, 0.3) is 0 Å². The topological polar surface area (TPSA) is 58.6 Å². The van der Waals surface area contributed by atoms with E-state index < -0.39 is 17.7 Å². The zero-order valence-electron chi connectivity index (χ0n) is 15.6. The van der Waals surface area contributed by atoms with Crippen LogP contribution in [0, 0.1) is 0 Å². The first-order valence-electron chi connectivity index (χ1n) is 8.38. The highest BCUT2D eigenvalue weighted by atomic mass is 35.5. The van der Waals surface area contributed by atoms with Gasteiger partial charge in [0.1, 0.15) is 11.6 Å². The molecule has 142 valence electrons. The summed E-state index contributed by atoms with van der Waals surface area (Å²) in [5.74, 6) is -0.276. The predicted molar refractivity (Wildman–Crippen MR) is 105 cm³/mol. The first-order valence-corrected chi connectivity index (χ1v) is 8.76. The second kappa shape index (κ2) is 10.0. The Kier molecular flexibility index (Phi) is 8.39. The Balaban J connectivity index is 2.93. The van der Waals surface area contributed by atoms with Gasteiger partial charge in [-0.25, -0.2) is 4.79 Å². The van der Waals surface area contributed by atoms with Crippen molar-refractivity contribution < 1.29 is 14.3 Å². The normalized spacial score (nSPS) is 12.0. The van der Waals surface area contributed by atoms with Crippen molar-refractivity contribution in [2.45, 2.75) is 45.4 Å². The van der Waals surface area contributed by atoms with Crippen molar-refractivity contribution in [3.8, 4) is 0 Å². The van der Waals surface area contributed by atoms with Gasteiger partial charge in [-0.05, 0) is 32.8 Å². The number of halogens is 1. The van der Waals surface area contributed by atoms with Crippen molar-refractivity contribution in [3.63, 3.8) is 0 Å². The van der Waals surface area contributed by atoms with Crippen molar-refractivity contribution in [2.24, 2.45) is 0 Å². The molecule has 5 nitrogen and oxygen atoms in total. The van der Waals surface area contributed by atoms with E-state index in [4.69, 9.17) is 16.3 Å². The monoisotopic (exact) mass is 378 g/mol. The summed E-state index contributed by atoms with van der Waals surface area (Å²) in [5, 5.41) is 2.95. The van der Waals surface area contributed by atoms with Gasteiger partial charge in [-0.3, -0.25) is 4.79 Å². The van der Waals surface area contributed by atoms with Gasteiger partial charge in [-0.2, -0.15) is 0 Å². The maximum atomic E-state index is 13.0. The summed E-state index contributed by atoms with van der Waals surface area (Å²) in [4.78, 5) is 26.6. The van der Waals surface area contributed by atoms with Gasteiger partial charge < -0.3 is 15.0 Å². The van der Waals surface area contributed by atoms with Crippen molar-refractivity contribution in [1.82, 2.24) is 10.2 Å². The molecule has 0 saturated heterocycles. The number of ether oxygens (including phenoxy) is 1. The van der Waals surface area contributed by atoms with Gasteiger partial charge in [0.15, 0.2) is 0 Å². The van der Waals surface area contributed by atoms with Gasteiger partial charge in [-0.1, -0.05) is 54.6 Å². The molecular weight excluding hydrogens is 352 g/mol. The van der Waals surface area contributed by atoms with Gasteiger partial charge in [0.05, 0.1) is 6.54 Å². The number of alkyl carbamates (subject to hydrolysis) is 1. The molecule has 0 aromatic heterocycles. The van der Waals surface area contributed by atoms with Crippen LogP contribution in [0.1, 0.15) is 32.8 Å². The molecule has 1 unspecified atom stereocenters. The quantitative estimate of drug-likeness (QED) is 0.688. The Hall–Kier alpha value is -2.27. The third-order valence-electron chi connectivity index (χ3n) is 3.28. The van der Waals surface area contributed by atoms with Crippen LogP contribution in [0.3, 0.4) is 0 Å². The fourth-order valence-corrected chi connectivity index (χ4v) is 2.43. The minimum Gasteiger partial charge on any atom is -0.444 e. The molecule has 6 heteroatoms. The SMILES string of the molecule is C=CCC(NC(=O)OC(C)(C)C)C(=O)N(CC(=C)Cl)Cc1ccccc1. The number of rotatable bonds is 8. The lowest BCUT2D eigenvalue weighted by Gasteiger charge is -2.28. The summed E-state index contributed by atoms with van der Waals surface area (Å²) in [6.45, 7) is 13.2. The summed E-state index contributed by atoms with van der Waals surface area (Å²) < 4.78 is 5.25. The molecule has 0 spiro atoms. The van der Waals surface area contributed by atoms with Crippen LogP contribution in [0.5, 0.6) is 0 Å². The molecule has 0 aliphatic rings. The molecule has 26 heavy (non-hydrogen) atoms. The lowest BCUT2D eigenvalue weighted by atomic mass is 10.1. The molecule has 1 aromatic carbocycles. The average molecular weight is 379 g/mol. The van der Waals surface area contributed by atoms with Crippen molar-refractivity contribution in [1.29, 1.82) is 0 Å². The Morgan fingerprint density at radius 3 is 2.42 bits per heavy atom. The number of hydrogen-bond acceptors (Lipinski definition) is 3. The number of amides is 2. The fourth-order valence-electron chi connectivity index (χ4n) is 2.28. The van der Waals surface area contributed by atoms with E-state index in [-0.39, 0.29) is 18.9 Å². The smallest absolute Gasteiger partial charge is 0.408 e. The first kappa shape index (κ1) is 21.8. The fraction of sp³-hybridized carbons (Fsp3) is 0.400. The van der Waals surface area contributed by atoms with E-state index in [1.165, 1.54) is 0 Å². The molecule has 0 radical (unpaired) electrons. The van der Waals surface area contributed by atoms with Crippen LogP contribution in [0.4, 0.5) is 4.79 Å². The van der Waals surface area contributed by atoms with Crippen LogP contribution < -0.4 is 5.32 Å². The predicted octanol–water partition coefficient (Wildman–Crippen LogP) is 4.24. The molecule has 0 bridgehead atoms. The molecule has 0 fully saturated rings. The van der Waals surface area contributed by atoms with Gasteiger partial charge >= 0.3 is 6.09 Å². The van der Waals surface area contributed by atoms with E-state index in [9.17, 15) is 9.59 Å². The maximum Gasteiger partial charge on any atom is 0.408 e. The molecular formula is C20H27ClN2O3. The molecule has 1 atom stereocenters. The number of carbonyl (C=O) groups is 2. The molecule has 1 aromatic rings. The van der Waals surface area contributed by atoms with Gasteiger partial charge in [0.2, 0.25) is 5.91 Å². The highest BCUT2D eigenvalue weighted by Crippen LogP contribution is 2.13. The minimum absolute atomic E-state index is 0.179. The number of benzene rings is 1. The second-order valence-corrected chi connectivity index (χ2v) is 7.45. The number of nitrogens with zero attached hydrogens (tertiary/aromatic N) is 1. The van der Waals surface area contributed by atoms with E-state index in [1.54, 1.807) is 31.7 Å². The van der Waals surface area contributed by atoms with E-state index >= 15 is 0 Å². The largest absolute Gasteiger partial charge is 0.444 e. The lowest BCUT2D eigenvalue weighted by molar-refractivity contribution is -0.133. The zero-order valence-corrected chi connectivity index (χ0v) is 16.4.